The van der Waals surface area contributed by atoms with Crippen molar-refractivity contribution in [3.8, 4) is 11.4 Å². The van der Waals surface area contributed by atoms with E-state index in [2.05, 4.69) is 15.1 Å². The lowest BCUT2D eigenvalue weighted by atomic mass is 9.85. The van der Waals surface area contributed by atoms with Gasteiger partial charge in [-0.05, 0) is 43.9 Å². The van der Waals surface area contributed by atoms with E-state index in [1.54, 1.807) is 0 Å². The number of carbonyl (C=O) groups is 1. The predicted octanol–water partition coefficient (Wildman–Crippen LogP) is 3.37. The Bertz CT molecular complexity index is 966. The number of amides is 1. The highest BCUT2D eigenvalue weighted by Gasteiger charge is 2.25. The summed E-state index contributed by atoms with van der Waals surface area (Å²) in [6.07, 6.45) is 8.10. The summed E-state index contributed by atoms with van der Waals surface area (Å²) in [7, 11) is 0. The molecule has 3 heterocycles. The van der Waals surface area contributed by atoms with Crippen molar-refractivity contribution in [3.63, 3.8) is 0 Å². The molecule has 0 atom stereocenters. The first-order chi connectivity index (χ1) is 13.3. The number of hydrogen-bond donors (Lipinski definition) is 0. The van der Waals surface area contributed by atoms with Crippen LogP contribution in [0.15, 0.2) is 29.0 Å². The average Bonchev–Trinajstić information content (AvgIpc) is 3.38. The number of carbonyl (C=O) groups excluding carboxylic acids is 1. The Morgan fingerprint density at radius 3 is 2.81 bits per heavy atom. The summed E-state index contributed by atoms with van der Waals surface area (Å²) in [5, 5.41) is 4.14. The van der Waals surface area contributed by atoms with Gasteiger partial charge in [0.05, 0.1) is 17.4 Å². The van der Waals surface area contributed by atoms with Crippen molar-refractivity contribution in [1.82, 2.24) is 24.6 Å². The molecule has 3 aromatic rings. The van der Waals surface area contributed by atoms with Crippen molar-refractivity contribution in [2.24, 2.45) is 0 Å². The summed E-state index contributed by atoms with van der Waals surface area (Å²) in [6.45, 7) is 2.46. The molecule has 0 N–H and O–H groups in total. The minimum Gasteiger partial charge on any atom is -0.343 e. The summed E-state index contributed by atoms with van der Waals surface area (Å²) < 4.78 is 7.47. The maximum atomic E-state index is 12.3. The minimum atomic E-state index is 0.237. The SMILES string of the molecule is O=C(CCn1cnc2cc(-c3noc(C4CCC4)n3)ccc21)N1CCCC1. The van der Waals surface area contributed by atoms with E-state index < -0.39 is 0 Å². The second kappa shape index (κ2) is 6.79. The zero-order chi connectivity index (χ0) is 18.2. The number of aromatic nitrogens is 4. The average molecular weight is 365 g/mol. The molecule has 2 aromatic heterocycles. The smallest absolute Gasteiger partial charge is 0.230 e. The molecule has 7 heteroatoms. The van der Waals surface area contributed by atoms with Gasteiger partial charge in [-0.15, -0.1) is 0 Å². The standard InChI is InChI=1S/C20H23N5O2/c26-18(24-9-1-2-10-24)8-11-25-13-21-16-12-15(6-7-17(16)25)19-22-20(27-23-19)14-4-3-5-14/h6-7,12-14H,1-5,8-11H2. The summed E-state index contributed by atoms with van der Waals surface area (Å²) in [4.78, 5) is 23.3. The molecule has 140 valence electrons. The first kappa shape index (κ1) is 16.5. The van der Waals surface area contributed by atoms with Crippen LogP contribution >= 0.6 is 0 Å². The summed E-state index contributed by atoms with van der Waals surface area (Å²) in [5.41, 5.74) is 2.82. The summed E-state index contributed by atoms with van der Waals surface area (Å²) >= 11 is 0. The van der Waals surface area contributed by atoms with E-state index in [0.717, 1.165) is 61.3 Å². The number of hydrogen-bond acceptors (Lipinski definition) is 5. The highest BCUT2D eigenvalue weighted by atomic mass is 16.5. The molecule has 27 heavy (non-hydrogen) atoms. The highest BCUT2D eigenvalue weighted by molar-refractivity contribution is 5.81. The van der Waals surface area contributed by atoms with E-state index in [1.165, 1.54) is 6.42 Å². The molecule has 0 unspecified atom stereocenters. The Labute approximate surface area is 157 Å². The molecule has 1 amide bonds. The van der Waals surface area contributed by atoms with Crippen molar-refractivity contribution in [3.05, 3.63) is 30.4 Å². The van der Waals surface area contributed by atoms with Crippen LogP contribution in [0.3, 0.4) is 0 Å². The molecule has 0 spiro atoms. The third-order valence-electron chi connectivity index (χ3n) is 5.80. The third kappa shape index (κ3) is 3.11. The van der Waals surface area contributed by atoms with Crippen LogP contribution < -0.4 is 0 Å². The number of fused-ring (bicyclic) bond motifs is 1. The maximum absolute atomic E-state index is 12.3. The molecular weight excluding hydrogens is 342 g/mol. The van der Waals surface area contributed by atoms with Gasteiger partial charge < -0.3 is 14.0 Å². The van der Waals surface area contributed by atoms with E-state index in [0.29, 0.717) is 24.7 Å². The van der Waals surface area contributed by atoms with Gasteiger partial charge in [0.25, 0.3) is 0 Å². The number of benzene rings is 1. The predicted molar refractivity (Wildman–Crippen MR) is 100 cm³/mol. The zero-order valence-corrected chi connectivity index (χ0v) is 15.3. The van der Waals surface area contributed by atoms with Crippen LogP contribution in [0.25, 0.3) is 22.4 Å². The lowest BCUT2D eigenvalue weighted by Gasteiger charge is -2.20. The van der Waals surface area contributed by atoms with Gasteiger partial charge in [0.15, 0.2) is 0 Å². The molecule has 5 rings (SSSR count). The molecule has 1 aromatic carbocycles. The molecule has 2 aliphatic rings. The van der Waals surface area contributed by atoms with Gasteiger partial charge in [-0.3, -0.25) is 4.79 Å². The van der Waals surface area contributed by atoms with Gasteiger partial charge in [-0.25, -0.2) is 4.98 Å². The number of imidazole rings is 1. The number of rotatable bonds is 5. The number of nitrogens with zero attached hydrogens (tertiary/aromatic N) is 5. The molecule has 2 fully saturated rings. The van der Waals surface area contributed by atoms with Gasteiger partial charge >= 0.3 is 0 Å². The van der Waals surface area contributed by atoms with Crippen molar-refractivity contribution in [2.45, 2.75) is 51.0 Å². The van der Waals surface area contributed by atoms with Gasteiger partial charge in [-0.2, -0.15) is 4.98 Å². The third-order valence-corrected chi connectivity index (χ3v) is 5.80. The van der Waals surface area contributed by atoms with Crippen LogP contribution in [0.1, 0.15) is 50.3 Å². The Hall–Kier alpha value is -2.70. The largest absolute Gasteiger partial charge is 0.343 e. The summed E-state index contributed by atoms with van der Waals surface area (Å²) in [6, 6.07) is 6.01. The van der Waals surface area contributed by atoms with E-state index in [1.807, 2.05) is 34.0 Å². The first-order valence-electron chi connectivity index (χ1n) is 9.84. The van der Waals surface area contributed by atoms with Crippen molar-refractivity contribution in [2.75, 3.05) is 13.1 Å². The van der Waals surface area contributed by atoms with Gasteiger partial charge in [0.1, 0.15) is 0 Å². The van der Waals surface area contributed by atoms with Gasteiger partial charge in [0.2, 0.25) is 17.6 Å². The molecule has 1 saturated carbocycles. The second-order valence-electron chi connectivity index (χ2n) is 7.56. The van der Waals surface area contributed by atoms with Crippen LogP contribution in [-0.2, 0) is 11.3 Å². The van der Waals surface area contributed by atoms with Crippen molar-refractivity contribution in [1.29, 1.82) is 0 Å². The molecular formula is C20H23N5O2. The van der Waals surface area contributed by atoms with E-state index in [9.17, 15) is 4.79 Å². The normalized spacial score (nSPS) is 17.6. The Kier molecular flexibility index (Phi) is 4.14. The van der Waals surface area contributed by atoms with Crippen LogP contribution in [0.4, 0.5) is 0 Å². The fourth-order valence-corrected chi connectivity index (χ4v) is 3.90. The van der Waals surface area contributed by atoms with Crippen LogP contribution in [0, 0.1) is 0 Å². The topological polar surface area (TPSA) is 77.0 Å². The fraction of sp³-hybridized carbons (Fsp3) is 0.500. The molecule has 1 aliphatic carbocycles. The van der Waals surface area contributed by atoms with Crippen LogP contribution in [0.2, 0.25) is 0 Å². The van der Waals surface area contributed by atoms with Gasteiger partial charge in [0, 0.05) is 37.5 Å². The van der Waals surface area contributed by atoms with E-state index >= 15 is 0 Å². The van der Waals surface area contributed by atoms with Crippen LogP contribution in [-0.4, -0.2) is 43.6 Å². The molecule has 7 nitrogen and oxygen atoms in total. The zero-order valence-electron chi connectivity index (χ0n) is 15.3. The quantitative estimate of drug-likeness (QED) is 0.693. The fourth-order valence-electron chi connectivity index (χ4n) is 3.90. The highest BCUT2D eigenvalue weighted by Crippen LogP contribution is 2.36. The molecule has 0 bridgehead atoms. The summed E-state index contributed by atoms with van der Waals surface area (Å²) in [5.74, 6) is 2.04. The van der Waals surface area contributed by atoms with E-state index in [4.69, 9.17) is 4.52 Å². The number of aryl methyl sites for hydroxylation is 1. The monoisotopic (exact) mass is 365 g/mol. The molecule has 0 radical (unpaired) electrons. The Morgan fingerprint density at radius 1 is 1.19 bits per heavy atom. The Morgan fingerprint density at radius 2 is 2.04 bits per heavy atom. The first-order valence-corrected chi connectivity index (χ1v) is 9.84. The van der Waals surface area contributed by atoms with Gasteiger partial charge in [-0.1, -0.05) is 11.6 Å². The molecule has 1 saturated heterocycles. The van der Waals surface area contributed by atoms with Crippen LogP contribution in [0.5, 0.6) is 0 Å². The maximum Gasteiger partial charge on any atom is 0.230 e. The lowest BCUT2D eigenvalue weighted by Crippen LogP contribution is -2.28. The number of likely N-dealkylation sites (tertiary alicyclic amines) is 1. The lowest BCUT2D eigenvalue weighted by molar-refractivity contribution is -0.130. The van der Waals surface area contributed by atoms with Crippen molar-refractivity contribution >= 4 is 16.9 Å². The van der Waals surface area contributed by atoms with Crippen molar-refractivity contribution < 1.29 is 9.32 Å². The van der Waals surface area contributed by atoms with E-state index in [-0.39, 0.29) is 5.91 Å². The minimum absolute atomic E-state index is 0.237. The second-order valence-corrected chi connectivity index (χ2v) is 7.56. The Balaban J connectivity index is 1.31. The molecule has 1 aliphatic heterocycles.